The molecule has 1 aromatic rings. The van der Waals surface area contributed by atoms with Crippen LogP contribution in [0.4, 0.5) is 18.9 Å². The van der Waals surface area contributed by atoms with Crippen molar-refractivity contribution >= 4 is 17.9 Å². The van der Waals surface area contributed by atoms with E-state index in [0.717, 1.165) is 12.1 Å². The van der Waals surface area contributed by atoms with E-state index < -0.39 is 17.2 Å². The summed E-state index contributed by atoms with van der Waals surface area (Å²) in [5.41, 5.74) is -1.76. The van der Waals surface area contributed by atoms with Gasteiger partial charge >= 0.3 is 6.18 Å². The van der Waals surface area contributed by atoms with Crippen molar-refractivity contribution in [3.63, 3.8) is 0 Å². The zero-order valence-electron chi connectivity index (χ0n) is 10.8. The van der Waals surface area contributed by atoms with Gasteiger partial charge in [0.2, 0.25) is 5.91 Å². The summed E-state index contributed by atoms with van der Waals surface area (Å²) in [6, 6.07) is 2.62. The molecule has 104 valence electrons. The fourth-order valence-corrected chi connectivity index (χ4v) is 1.26. The van der Waals surface area contributed by atoms with Crippen molar-refractivity contribution < 1.29 is 22.8 Å². The molecule has 6 heteroatoms. The lowest BCUT2D eigenvalue weighted by Crippen LogP contribution is -2.28. The van der Waals surface area contributed by atoms with Crippen molar-refractivity contribution in [2.75, 3.05) is 5.32 Å². The van der Waals surface area contributed by atoms with Gasteiger partial charge in [-0.2, -0.15) is 13.2 Å². The number of halogens is 3. The van der Waals surface area contributed by atoms with Crippen LogP contribution in [-0.2, 0) is 11.0 Å². The number of hydrogen-bond acceptors (Lipinski definition) is 2. The molecule has 1 N–H and O–H groups in total. The average molecular weight is 273 g/mol. The van der Waals surface area contributed by atoms with Crippen LogP contribution in [0.5, 0.6) is 0 Å². The molecule has 0 fully saturated rings. The predicted molar refractivity (Wildman–Crippen MR) is 64.9 cm³/mol. The van der Waals surface area contributed by atoms with E-state index in [1.807, 2.05) is 0 Å². The Hall–Kier alpha value is -1.85. The molecule has 0 heterocycles. The van der Waals surface area contributed by atoms with E-state index in [-0.39, 0.29) is 23.4 Å². The Balaban J connectivity index is 3.11. The lowest BCUT2D eigenvalue weighted by Gasteiger charge is -2.19. The molecular weight excluding hydrogens is 259 g/mol. The molecule has 0 radical (unpaired) electrons. The number of carbonyl (C=O) groups excluding carboxylic acids is 2. The first-order valence-corrected chi connectivity index (χ1v) is 5.53. The standard InChI is InChI=1S/C13H14F3NO2/c1-12(2,3)11(19)17-10-5-4-9(13(14,15)16)6-8(10)7-18/h4-7H,1-3H3,(H,17,19). The Kier molecular flexibility index (Phi) is 4.03. The predicted octanol–water partition coefficient (Wildman–Crippen LogP) is 3.50. The van der Waals surface area contributed by atoms with Gasteiger partial charge in [-0.25, -0.2) is 0 Å². The third-order valence-electron chi connectivity index (χ3n) is 2.44. The van der Waals surface area contributed by atoms with Crippen molar-refractivity contribution in [3.8, 4) is 0 Å². The zero-order chi connectivity index (χ0) is 14.8. The van der Waals surface area contributed by atoms with Crippen LogP contribution < -0.4 is 5.32 Å². The Morgan fingerprint density at radius 2 is 1.79 bits per heavy atom. The largest absolute Gasteiger partial charge is 0.416 e. The van der Waals surface area contributed by atoms with Gasteiger partial charge in [-0.3, -0.25) is 9.59 Å². The number of hydrogen-bond donors (Lipinski definition) is 1. The minimum atomic E-state index is -4.52. The second-order valence-electron chi connectivity index (χ2n) is 5.12. The molecule has 0 bridgehead atoms. The molecule has 1 aromatic carbocycles. The number of nitrogens with one attached hydrogen (secondary N) is 1. The number of benzene rings is 1. The van der Waals surface area contributed by atoms with Crippen molar-refractivity contribution in [2.45, 2.75) is 26.9 Å². The smallest absolute Gasteiger partial charge is 0.325 e. The van der Waals surface area contributed by atoms with E-state index in [1.165, 1.54) is 0 Å². The number of carbonyl (C=O) groups is 2. The number of anilines is 1. The first-order chi connectivity index (χ1) is 8.55. The Labute approximate surface area is 108 Å². The molecule has 1 rings (SSSR count). The molecule has 0 aliphatic carbocycles. The summed E-state index contributed by atoms with van der Waals surface area (Å²) in [7, 11) is 0. The van der Waals surface area contributed by atoms with Crippen LogP contribution in [0, 0.1) is 5.41 Å². The molecule has 0 saturated heterocycles. The van der Waals surface area contributed by atoms with E-state index >= 15 is 0 Å². The summed E-state index contributed by atoms with van der Waals surface area (Å²) < 4.78 is 37.5. The summed E-state index contributed by atoms with van der Waals surface area (Å²) >= 11 is 0. The number of alkyl halides is 3. The van der Waals surface area contributed by atoms with Crippen LogP contribution in [-0.4, -0.2) is 12.2 Å². The van der Waals surface area contributed by atoms with Crippen LogP contribution in [0.2, 0.25) is 0 Å². The topological polar surface area (TPSA) is 46.2 Å². The van der Waals surface area contributed by atoms with Gasteiger partial charge < -0.3 is 5.32 Å². The molecular formula is C13H14F3NO2. The maximum Gasteiger partial charge on any atom is 0.416 e. The normalized spacial score (nSPS) is 12.1. The summed E-state index contributed by atoms with van der Waals surface area (Å²) in [5, 5.41) is 2.44. The van der Waals surface area contributed by atoms with Gasteiger partial charge in [-0.15, -0.1) is 0 Å². The van der Waals surface area contributed by atoms with E-state index in [4.69, 9.17) is 0 Å². The van der Waals surface area contributed by atoms with Gasteiger partial charge in [0.1, 0.15) is 0 Å². The second-order valence-corrected chi connectivity index (χ2v) is 5.12. The molecule has 0 atom stereocenters. The lowest BCUT2D eigenvalue weighted by molar-refractivity contribution is -0.137. The molecule has 19 heavy (non-hydrogen) atoms. The molecule has 3 nitrogen and oxygen atoms in total. The molecule has 1 amide bonds. The Morgan fingerprint density at radius 3 is 2.21 bits per heavy atom. The van der Waals surface area contributed by atoms with Gasteiger partial charge in [0, 0.05) is 11.0 Å². The number of rotatable bonds is 2. The number of amides is 1. The summed E-state index contributed by atoms with van der Waals surface area (Å²) in [6.07, 6.45) is -4.24. The van der Waals surface area contributed by atoms with Crippen molar-refractivity contribution in [1.29, 1.82) is 0 Å². The third kappa shape index (κ3) is 3.81. The minimum Gasteiger partial charge on any atom is -0.325 e. The van der Waals surface area contributed by atoms with Gasteiger partial charge in [0.05, 0.1) is 11.3 Å². The highest BCUT2D eigenvalue weighted by Crippen LogP contribution is 2.31. The van der Waals surface area contributed by atoms with Crippen LogP contribution in [0.3, 0.4) is 0 Å². The fraction of sp³-hybridized carbons (Fsp3) is 0.385. The average Bonchev–Trinajstić information content (AvgIpc) is 2.26. The molecule has 0 aliphatic rings. The summed E-state index contributed by atoms with van der Waals surface area (Å²) in [6.45, 7) is 4.98. The first-order valence-electron chi connectivity index (χ1n) is 5.53. The van der Waals surface area contributed by atoms with Crippen molar-refractivity contribution in [3.05, 3.63) is 29.3 Å². The van der Waals surface area contributed by atoms with E-state index in [9.17, 15) is 22.8 Å². The fourth-order valence-electron chi connectivity index (χ4n) is 1.26. The van der Waals surface area contributed by atoms with E-state index in [0.29, 0.717) is 6.07 Å². The maximum atomic E-state index is 12.5. The quantitative estimate of drug-likeness (QED) is 0.838. The molecule has 0 saturated carbocycles. The summed E-state index contributed by atoms with van der Waals surface area (Å²) in [4.78, 5) is 22.6. The lowest BCUT2D eigenvalue weighted by atomic mass is 9.95. The van der Waals surface area contributed by atoms with Gasteiger partial charge in [-0.1, -0.05) is 20.8 Å². The molecule has 0 aromatic heterocycles. The van der Waals surface area contributed by atoms with Crippen molar-refractivity contribution in [1.82, 2.24) is 0 Å². The van der Waals surface area contributed by atoms with Crippen LogP contribution in [0.25, 0.3) is 0 Å². The molecule has 0 unspecified atom stereocenters. The van der Waals surface area contributed by atoms with Crippen LogP contribution in [0.15, 0.2) is 18.2 Å². The highest BCUT2D eigenvalue weighted by Gasteiger charge is 2.31. The van der Waals surface area contributed by atoms with E-state index in [2.05, 4.69) is 5.32 Å². The SMILES string of the molecule is CC(C)(C)C(=O)Nc1ccc(C(F)(F)F)cc1C=O. The number of aldehydes is 1. The highest BCUT2D eigenvalue weighted by molar-refractivity contribution is 5.98. The van der Waals surface area contributed by atoms with Gasteiger partial charge in [0.25, 0.3) is 0 Å². The van der Waals surface area contributed by atoms with Gasteiger partial charge in [0.15, 0.2) is 6.29 Å². The van der Waals surface area contributed by atoms with Gasteiger partial charge in [-0.05, 0) is 18.2 Å². The zero-order valence-corrected chi connectivity index (χ0v) is 10.8. The first kappa shape index (κ1) is 15.2. The Bertz CT molecular complexity index is 502. The molecule has 0 aliphatic heterocycles. The van der Waals surface area contributed by atoms with Crippen LogP contribution in [0.1, 0.15) is 36.7 Å². The van der Waals surface area contributed by atoms with Crippen molar-refractivity contribution in [2.24, 2.45) is 5.41 Å². The highest BCUT2D eigenvalue weighted by atomic mass is 19.4. The summed E-state index contributed by atoms with van der Waals surface area (Å²) in [5.74, 6) is -0.379. The second kappa shape index (κ2) is 5.03. The maximum absolute atomic E-state index is 12.5. The monoisotopic (exact) mass is 273 g/mol. The van der Waals surface area contributed by atoms with Crippen LogP contribution >= 0.6 is 0 Å². The Morgan fingerprint density at radius 1 is 1.21 bits per heavy atom. The third-order valence-corrected chi connectivity index (χ3v) is 2.44. The molecule has 0 spiro atoms. The minimum absolute atomic E-state index is 0.0722. The van der Waals surface area contributed by atoms with E-state index in [1.54, 1.807) is 20.8 Å².